The van der Waals surface area contributed by atoms with Crippen molar-refractivity contribution in [3.05, 3.63) is 84.2 Å². The highest BCUT2D eigenvalue weighted by Crippen LogP contribution is 2.31. The third-order valence-corrected chi connectivity index (χ3v) is 5.28. The molecule has 154 valence electrons. The molecule has 0 N–H and O–H groups in total. The van der Waals surface area contributed by atoms with Crippen molar-refractivity contribution in [2.45, 2.75) is 6.54 Å². The Balaban J connectivity index is 1.48. The van der Waals surface area contributed by atoms with E-state index < -0.39 is 0 Å². The van der Waals surface area contributed by atoms with Gasteiger partial charge in [-0.1, -0.05) is 24.3 Å². The second kappa shape index (κ2) is 8.07. The van der Waals surface area contributed by atoms with Gasteiger partial charge < -0.3 is 14.4 Å². The minimum atomic E-state index is -0.0707. The lowest BCUT2D eigenvalue weighted by atomic mass is 10.0. The van der Waals surface area contributed by atoms with Gasteiger partial charge in [0.25, 0.3) is 5.91 Å². The van der Waals surface area contributed by atoms with E-state index in [1.165, 1.54) is 0 Å². The zero-order chi connectivity index (χ0) is 21.2. The van der Waals surface area contributed by atoms with Crippen molar-refractivity contribution < 1.29 is 14.3 Å². The van der Waals surface area contributed by atoms with Crippen LogP contribution in [0.25, 0.3) is 22.2 Å². The van der Waals surface area contributed by atoms with Crippen molar-refractivity contribution in [2.24, 2.45) is 0 Å². The topological polar surface area (TPSA) is 64.6 Å². The number of ether oxygens (including phenoxy) is 2. The van der Waals surface area contributed by atoms with E-state index in [0.29, 0.717) is 25.3 Å². The number of aromatic nitrogens is 2. The minimum absolute atomic E-state index is 0.0707. The molecule has 0 bridgehead atoms. The Morgan fingerprint density at radius 1 is 1.00 bits per heavy atom. The van der Waals surface area contributed by atoms with Crippen molar-refractivity contribution in [2.75, 3.05) is 20.3 Å². The van der Waals surface area contributed by atoms with Crippen LogP contribution in [0.5, 0.6) is 11.5 Å². The first-order chi connectivity index (χ1) is 15.2. The highest BCUT2D eigenvalue weighted by Gasteiger charge is 2.19. The van der Waals surface area contributed by atoms with E-state index in [9.17, 15) is 4.79 Å². The SMILES string of the molecule is CN(Cc1ccc2c(c1)OCCO2)C(=O)c1cc(-c2cccnc2)nc2ccccc12. The van der Waals surface area contributed by atoms with Gasteiger partial charge in [-0.05, 0) is 42.0 Å². The third-order valence-electron chi connectivity index (χ3n) is 5.28. The normalized spacial score (nSPS) is 12.5. The lowest BCUT2D eigenvalue weighted by Crippen LogP contribution is -2.26. The molecule has 3 heterocycles. The van der Waals surface area contributed by atoms with Crippen LogP contribution in [0.4, 0.5) is 0 Å². The van der Waals surface area contributed by atoms with Gasteiger partial charge in [0.05, 0.1) is 16.8 Å². The van der Waals surface area contributed by atoms with Crippen molar-refractivity contribution in [1.82, 2.24) is 14.9 Å². The Morgan fingerprint density at radius 3 is 2.68 bits per heavy atom. The molecule has 0 fully saturated rings. The second-order valence-corrected chi connectivity index (χ2v) is 7.45. The molecule has 0 atom stereocenters. The Bertz CT molecular complexity index is 1260. The van der Waals surface area contributed by atoms with Crippen LogP contribution >= 0.6 is 0 Å². The third kappa shape index (κ3) is 3.80. The predicted molar refractivity (Wildman–Crippen MR) is 118 cm³/mol. The quantitative estimate of drug-likeness (QED) is 0.500. The summed E-state index contributed by atoms with van der Waals surface area (Å²) in [7, 11) is 1.80. The molecule has 0 unspecified atom stereocenters. The molecular formula is C25H21N3O3. The standard InChI is InChI=1S/C25H21N3O3/c1-28(16-17-8-9-23-24(13-17)31-12-11-30-23)25(29)20-14-22(18-5-4-10-26-15-18)27-21-7-3-2-6-19(20)21/h2-10,13-15H,11-12,16H2,1H3. The number of amides is 1. The summed E-state index contributed by atoms with van der Waals surface area (Å²) in [6.07, 6.45) is 3.47. The maximum Gasteiger partial charge on any atom is 0.254 e. The molecule has 6 heteroatoms. The number of para-hydroxylation sites is 1. The van der Waals surface area contributed by atoms with E-state index in [1.54, 1.807) is 24.3 Å². The van der Waals surface area contributed by atoms with Crippen LogP contribution in [0.15, 0.2) is 73.1 Å². The van der Waals surface area contributed by atoms with Crippen LogP contribution in [-0.4, -0.2) is 41.0 Å². The van der Waals surface area contributed by atoms with Crippen LogP contribution < -0.4 is 9.47 Å². The number of benzene rings is 2. The van der Waals surface area contributed by atoms with Crippen LogP contribution in [0.1, 0.15) is 15.9 Å². The average molecular weight is 411 g/mol. The average Bonchev–Trinajstić information content (AvgIpc) is 2.83. The number of fused-ring (bicyclic) bond motifs is 2. The molecule has 4 aromatic rings. The number of nitrogens with zero attached hydrogens (tertiary/aromatic N) is 3. The van der Waals surface area contributed by atoms with Gasteiger partial charge in [0.1, 0.15) is 13.2 Å². The molecule has 0 spiro atoms. The van der Waals surface area contributed by atoms with Gasteiger partial charge >= 0.3 is 0 Å². The minimum Gasteiger partial charge on any atom is -0.486 e. The van der Waals surface area contributed by atoms with Gasteiger partial charge in [-0.3, -0.25) is 9.78 Å². The molecule has 2 aromatic carbocycles. The Morgan fingerprint density at radius 2 is 1.84 bits per heavy atom. The predicted octanol–water partition coefficient (Wildman–Crippen LogP) is 4.34. The molecular weight excluding hydrogens is 390 g/mol. The number of rotatable bonds is 4. The highest BCUT2D eigenvalue weighted by atomic mass is 16.6. The number of hydrogen-bond donors (Lipinski definition) is 0. The lowest BCUT2D eigenvalue weighted by Gasteiger charge is -2.22. The van der Waals surface area contributed by atoms with Gasteiger partial charge in [-0.25, -0.2) is 4.98 Å². The highest BCUT2D eigenvalue weighted by molar-refractivity contribution is 6.07. The Kier molecular flexibility index (Phi) is 4.96. The summed E-state index contributed by atoms with van der Waals surface area (Å²) in [5.74, 6) is 1.39. The monoisotopic (exact) mass is 411 g/mol. The van der Waals surface area contributed by atoms with Gasteiger partial charge in [0, 0.05) is 36.9 Å². The summed E-state index contributed by atoms with van der Waals surface area (Å²) < 4.78 is 11.3. The molecule has 5 rings (SSSR count). The van der Waals surface area contributed by atoms with Crippen molar-refractivity contribution in [1.29, 1.82) is 0 Å². The summed E-state index contributed by atoms with van der Waals surface area (Å²) in [6.45, 7) is 1.54. The molecule has 0 saturated carbocycles. The van der Waals surface area contributed by atoms with E-state index in [-0.39, 0.29) is 5.91 Å². The maximum absolute atomic E-state index is 13.5. The summed E-state index contributed by atoms with van der Waals surface area (Å²) in [6, 6.07) is 19.1. The van der Waals surface area contributed by atoms with Gasteiger partial charge in [-0.15, -0.1) is 0 Å². The number of carbonyl (C=O) groups excluding carboxylic acids is 1. The van der Waals surface area contributed by atoms with Crippen LogP contribution in [0, 0.1) is 0 Å². The molecule has 6 nitrogen and oxygen atoms in total. The molecule has 31 heavy (non-hydrogen) atoms. The van der Waals surface area contributed by atoms with E-state index in [4.69, 9.17) is 14.5 Å². The van der Waals surface area contributed by atoms with Crippen molar-refractivity contribution in [3.8, 4) is 22.8 Å². The second-order valence-electron chi connectivity index (χ2n) is 7.45. The number of carbonyl (C=O) groups is 1. The van der Waals surface area contributed by atoms with Gasteiger partial charge in [-0.2, -0.15) is 0 Å². The Hall–Kier alpha value is -3.93. The fraction of sp³-hybridized carbons (Fsp3) is 0.160. The molecule has 1 amide bonds. The zero-order valence-electron chi connectivity index (χ0n) is 17.1. The van der Waals surface area contributed by atoms with Crippen LogP contribution in [-0.2, 0) is 6.54 Å². The molecule has 1 aliphatic heterocycles. The maximum atomic E-state index is 13.5. The fourth-order valence-corrected chi connectivity index (χ4v) is 3.75. The van der Waals surface area contributed by atoms with E-state index in [2.05, 4.69) is 4.98 Å². The van der Waals surface area contributed by atoms with E-state index in [1.807, 2.05) is 60.7 Å². The van der Waals surface area contributed by atoms with Crippen LogP contribution in [0.3, 0.4) is 0 Å². The van der Waals surface area contributed by atoms with Crippen molar-refractivity contribution in [3.63, 3.8) is 0 Å². The summed E-state index contributed by atoms with van der Waals surface area (Å²) in [5.41, 5.74) is 3.97. The number of pyridine rings is 2. The van der Waals surface area contributed by atoms with Gasteiger partial charge in [0.2, 0.25) is 0 Å². The van der Waals surface area contributed by atoms with Crippen molar-refractivity contribution >= 4 is 16.8 Å². The lowest BCUT2D eigenvalue weighted by molar-refractivity contribution is 0.0786. The van der Waals surface area contributed by atoms with E-state index in [0.717, 1.165) is 39.2 Å². The van der Waals surface area contributed by atoms with Gasteiger partial charge in [0.15, 0.2) is 11.5 Å². The first-order valence-electron chi connectivity index (χ1n) is 10.1. The van der Waals surface area contributed by atoms with Crippen LogP contribution in [0.2, 0.25) is 0 Å². The largest absolute Gasteiger partial charge is 0.486 e. The molecule has 0 aliphatic carbocycles. The molecule has 0 saturated heterocycles. The molecule has 1 aliphatic rings. The number of hydrogen-bond acceptors (Lipinski definition) is 5. The fourth-order valence-electron chi connectivity index (χ4n) is 3.75. The summed E-state index contributed by atoms with van der Waals surface area (Å²) in [5, 5.41) is 0.828. The smallest absolute Gasteiger partial charge is 0.254 e. The first-order valence-corrected chi connectivity index (χ1v) is 10.1. The molecule has 2 aromatic heterocycles. The van der Waals surface area contributed by atoms with E-state index >= 15 is 0 Å². The Labute approximate surface area is 180 Å². The zero-order valence-corrected chi connectivity index (χ0v) is 17.1. The summed E-state index contributed by atoms with van der Waals surface area (Å²) in [4.78, 5) is 24.1. The molecule has 0 radical (unpaired) electrons. The first kappa shape index (κ1) is 19.1. The summed E-state index contributed by atoms with van der Waals surface area (Å²) >= 11 is 0.